The topological polar surface area (TPSA) is 81.6 Å². The Bertz CT molecular complexity index is 1680. The molecular weight excluding hydrogens is 519 g/mol. The van der Waals surface area contributed by atoms with E-state index in [0.717, 1.165) is 34.5 Å². The van der Waals surface area contributed by atoms with Crippen LogP contribution >= 0.6 is 11.6 Å². The number of halogens is 4. The van der Waals surface area contributed by atoms with E-state index in [0.29, 0.717) is 21.8 Å². The predicted molar refractivity (Wildman–Crippen MR) is 138 cm³/mol. The largest absolute Gasteiger partial charge is 0.433 e. The fourth-order valence-corrected chi connectivity index (χ4v) is 4.31. The fraction of sp³-hybridized carbons (Fsp3) is 0.148. The first kappa shape index (κ1) is 25.3. The van der Waals surface area contributed by atoms with E-state index in [-0.39, 0.29) is 6.54 Å². The number of fused-ring (bicyclic) bond motifs is 1. The van der Waals surface area contributed by atoms with E-state index in [1.807, 2.05) is 24.3 Å². The second-order valence-electron chi connectivity index (χ2n) is 8.70. The number of hydrogen-bond donors (Lipinski definition) is 0. The van der Waals surface area contributed by atoms with Crippen LogP contribution in [0.3, 0.4) is 0 Å². The summed E-state index contributed by atoms with van der Waals surface area (Å²) in [5.74, 6) is 0. The van der Waals surface area contributed by atoms with Gasteiger partial charge in [0.05, 0.1) is 6.54 Å². The number of hydrogen-bond acceptors (Lipinski definition) is 5. The standard InChI is InChI=1S/C27H19ClF3N5O2/c1-16(34-38)18-3-5-20(6-4-18)24-22(19-7-9-21(28)10-8-19)12-13-35-25(24)33-36(26(35)37)15-17-2-11-23(32-14-17)27(29,30)31/h2-14,16H,15H2,1H3. The van der Waals surface area contributed by atoms with E-state index in [2.05, 4.69) is 15.3 Å². The van der Waals surface area contributed by atoms with E-state index < -0.39 is 23.6 Å². The lowest BCUT2D eigenvalue weighted by atomic mass is 9.94. The number of nitroso groups, excluding NO2 is 1. The molecule has 0 aliphatic rings. The van der Waals surface area contributed by atoms with Crippen LogP contribution in [-0.4, -0.2) is 19.2 Å². The van der Waals surface area contributed by atoms with E-state index in [1.165, 1.54) is 15.1 Å². The highest BCUT2D eigenvalue weighted by Crippen LogP contribution is 2.36. The van der Waals surface area contributed by atoms with Crippen molar-refractivity contribution >= 4 is 17.2 Å². The first-order chi connectivity index (χ1) is 18.2. The maximum Gasteiger partial charge on any atom is 0.433 e. The molecule has 5 rings (SSSR count). The zero-order valence-corrected chi connectivity index (χ0v) is 20.6. The quantitative estimate of drug-likeness (QED) is 0.224. The van der Waals surface area contributed by atoms with Crippen molar-refractivity contribution in [1.29, 1.82) is 0 Å². The molecule has 0 N–H and O–H groups in total. The summed E-state index contributed by atoms with van der Waals surface area (Å²) in [5.41, 5.74) is 3.05. The Balaban J connectivity index is 1.65. The lowest BCUT2D eigenvalue weighted by Crippen LogP contribution is -2.21. The Morgan fingerprint density at radius 2 is 1.66 bits per heavy atom. The molecule has 0 bridgehead atoms. The lowest BCUT2D eigenvalue weighted by Gasteiger charge is -2.12. The molecule has 0 radical (unpaired) electrons. The molecule has 7 nitrogen and oxygen atoms in total. The van der Waals surface area contributed by atoms with Gasteiger partial charge < -0.3 is 0 Å². The second-order valence-corrected chi connectivity index (χ2v) is 9.13. The minimum atomic E-state index is -4.56. The van der Waals surface area contributed by atoms with Crippen molar-refractivity contribution < 1.29 is 13.2 Å². The van der Waals surface area contributed by atoms with Crippen molar-refractivity contribution in [3.63, 3.8) is 0 Å². The number of alkyl halides is 3. The van der Waals surface area contributed by atoms with Crippen molar-refractivity contribution in [2.75, 3.05) is 0 Å². The maximum atomic E-state index is 13.2. The van der Waals surface area contributed by atoms with E-state index >= 15 is 0 Å². The molecule has 3 heterocycles. The normalized spacial score (nSPS) is 12.6. The van der Waals surface area contributed by atoms with Crippen LogP contribution in [0.25, 0.3) is 27.9 Å². The highest BCUT2D eigenvalue weighted by Gasteiger charge is 2.32. The molecule has 5 aromatic rings. The van der Waals surface area contributed by atoms with Crippen LogP contribution in [0.1, 0.15) is 29.8 Å². The molecule has 0 saturated carbocycles. The van der Waals surface area contributed by atoms with Crippen LogP contribution in [0.15, 0.2) is 89.1 Å². The van der Waals surface area contributed by atoms with Crippen molar-refractivity contribution in [3.05, 3.63) is 116 Å². The summed E-state index contributed by atoms with van der Waals surface area (Å²) in [6.45, 7) is 1.63. The third-order valence-corrected chi connectivity index (χ3v) is 6.45. The Kier molecular flexibility index (Phi) is 6.58. The summed E-state index contributed by atoms with van der Waals surface area (Å²) in [6.07, 6.45) is -1.87. The summed E-state index contributed by atoms with van der Waals surface area (Å²) in [4.78, 5) is 27.7. The van der Waals surface area contributed by atoms with Gasteiger partial charge in [0.15, 0.2) is 5.65 Å². The highest BCUT2D eigenvalue weighted by atomic mass is 35.5. The van der Waals surface area contributed by atoms with Gasteiger partial charge in [-0.2, -0.15) is 18.1 Å². The first-order valence-electron chi connectivity index (χ1n) is 11.5. The first-order valence-corrected chi connectivity index (χ1v) is 11.9. The smallest absolute Gasteiger partial charge is 0.251 e. The number of aromatic nitrogens is 4. The van der Waals surface area contributed by atoms with Crippen molar-refractivity contribution in [1.82, 2.24) is 19.2 Å². The molecule has 0 aliphatic heterocycles. The number of nitrogens with zero attached hydrogens (tertiary/aromatic N) is 5. The summed E-state index contributed by atoms with van der Waals surface area (Å²) in [6, 6.07) is 17.9. The van der Waals surface area contributed by atoms with Crippen molar-refractivity contribution in [2.24, 2.45) is 5.18 Å². The van der Waals surface area contributed by atoms with Gasteiger partial charge >= 0.3 is 11.9 Å². The lowest BCUT2D eigenvalue weighted by molar-refractivity contribution is -0.141. The Morgan fingerprint density at radius 3 is 2.26 bits per heavy atom. The molecule has 1 unspecified atom stereocenters. The van der Waals surface area contributed by atoms with Gasteiger partial charge in [-0.3, -0.25) is 4.98 Å². The summed E-state index contributed by atoms with van der Waals surface area (Å²) >= 11 is 6.08. The fourth-order valence-electron chi connectivity index (χ4n) is 4.18. The van der Waals surface area contributed by atoms with Gasteiger partial charge in [-0.1, -0.05) is 59.2 Å². The van der Waals surface area contributed by atoms with Crippen molar-refractivity contribution in [3.8, 4) is 22.3 Å². The third-order valence-electron chi connectivity index (χ3n) is 6.20. The molecule has 0 aliphatic carbocycles. The monoisotopic (exact) mass is 537 g/mol. The molecule has 192 valence electrons. The van der Waals surface area contributed by atoms with Gasteiger partial charge in [0, 0.05) is 23.0 Å². The molecule has 0 amide bonds. The van der Waals surface area contributed by atoms with Crippen LogP contribution in [0.5, 0.6) is 0 Å². The van der Waals surface area contributed by atoms with Crippen LogP contribution in [-0.2, 0) is 12.7 Å². The third kappa shape index (κ3) is 4.82. The summed E-state index contributed by atoms with van der Waals surface area (Å²) < 4.78 is 41.2. The molecule has 1 atom stereocenters. The Hall–Kier alpha value is -4.31. The average Bonchev–Trinajstić information content (AvgIpc) is 3.23. The van der Waals surface area contributed by atoms with Crippen LogP contribution in [0.2, 0.25) is 5.02 Å². The van der Waals surface area contributed by atoms with Gasteiger partial charge in [0.1, 0.15) is 11.7 Å². The molecule has 2 aromatic carbocycles. The number of pyridine rings is 2. The Labute approximate surface area is 219 Å². The molecular formula is C27H19ClF3N5O2. The van der Waals surface area contributed by atoms with Gasteiger partial charge in [0.2, 0.25) is 0 Å². The Morgan fingerprint density at radius 1 is 0.974 bits per heavy atom. The summed E-state index contributed by atoms with van der Waals surface area (Å²) in [7, 11) is 0. The van der Waals surface area contributed by atoms with E-state index in [1.54, 1.807) is 43.5 Å². The van der Waals surface area contributed by atoms with Crippen molar-refractivity contribution in [2.45, 2.75) is 25.7 Å². The SMILES string of the molecule is CC(N=O)c1ccc(-c2c(-c3ccc(Cl)cc3)ccn3c(=O)n(Cc4ccc(C(F)(F)F)nc4)nc23)cc1. The maximum absolute atomic E-state index is 13.2. The van der Waals surface area contributed by atoms with Gasteiger partial charge in [0.25, 0.3) is 0 Å². The molecule has 0 saturated heterocycles. The number of rotatable bonds is 6. The highest BCUT2D eigenvalue weighted by molar-refractivity contribution is 6.30. The van der Waals surface area contributed by atoms with Gasteiger partial charge in [-0.15, -0.1) is 5.10 Å². The summed E-state index contributed by atoms with van der Waals surface area (Å²) in [5, 5.41) is 8.19. The van der Waals surface area contributed by atoms with Crippen LogP contribution < -0.4 is 5.69 Å². The zero-order valence-electron chi connectivity index (χ0n) is 19.9. The second kappa shape index (κ2) is 9.86. The van der Waals surface area contributed by atoms with E-state index in [9.17, 15) is 22.9 Å². The zero-order chi connectivity index (χ0) is 27.0. The molecule has 3 aromatic heterocycles. The molecule has 0 spiro atoms. The van der Waals surface area contributed by atoms with E-state index in [4.69, 9.17) is 11.6 Å². The minimum absolute atomic E-state index is 0.0666. The molecule has 38 heavy (non-hydrogen) atoms. The number of benzene rings is 2. The predicted octanol–water partition coefficient (Wildman–Crippen LogP) is 6.77. The van der Waals surface area contributed by atoms with Crippen LogP contribution in [0, 0.1) is 4.91 Å². The minimum Gasteiger partial charge on any atom is -0.251 e. The molecule has 11 heteroatoms. The van der Waals surface area contributed by atoms with Crippen LogP contribution in [0.4, 0.5) is 13.2 Å². The van der Waals surface area contributed by atoms with Gasteiger partial charge in [-0.25, -0.2) is 13.9 Å². The average molecular weight is 538 g/mol. The molecule has 0 fully saturated rings. The van der Waals surface area contributed by atoms with Gasteiger partial charge in [-0.05, 0) is 59.0 Å².